The maximum atomic E-state index is 14.9. The van der Waals surface area contributed by atoms with Crippen molar-refractivity contribution in [3.63, 3.8) is 0 Å². The third kappa shape index (κ3) is 14.9. The molecule has 0 amide bonds. The van der Waals surface area contributed by atoms with Gasteiger partial charge in [-0.3, -0.25) is 4.98 Å². The van der Waals surface area contributed by atoms with Gasteiger partial charge in [0.1, 0.15) is 47.7 Å². The Morgan fingerprint density at radius 2 is 1.08 bits per heavy atom. The lowest BCUT2D eigenvalue weighted by atomic mass is 9.98. The van der Waals surface area contributed by atoms with Gasteiger partial charge < -0.3 is 44.3 Å². The molecule has 4 aliphatic heterocycles. The molecule has 10 rings (SSSR count). The maximum Gasteiger partial charge on any atom is 0.223 e. The highest BCUT2D eigenvalue weighted by atomic mass is 35.5. The van der Waals surface area contributed by atoms with Gasteiger partial charge in [0.15, 0.2) is 34.8 Å². The number of likely N-dealkylation sites (tertiary alicyclic amines) is 2. The molecule has 0 unspecified atom stereocenters. The van der Waals surface area contributed by atoms with Crippen LogP contribution in [0.25, 0.3) is 22.5 Å². The Morgan fingerprint density at radius 3 is 1.53 bits per heavy atom. The monoisotopic (exact) mass is 1080 g/mol. The average molecular weight is 1080 g/mol. The van der Waals surface area contributed by atoms with Gasteiger partial charge in [-0.1, -0.05) is 13.8 Å². The molecular formula is C57H70ClF4N11O4. The van der Waals surface area contributed by atoms with Gasteiger partial charge in [0.25, 0.3) is 0 Å². The second-order valence-electron chi connectivity index (χ2n) is 20.2. The lowest BCUT2D eigenvalue weighted by Gasteiger charge is -2.34. The highest BCUT2D eigenvalue weighted by Gasteiger charge is 2.28. The van der Waals surface area contributed by atoms with Crippen LogP contribution >= 0.6 is 11.6 Å². The standard InChI is InChI=1S/C29H35F2N5O2.C15H14ClF2N3O.C13H21N3O/c1-4-35-9-7-20(8-10-35)18-38-23-6-5-22(32-16-23)15-27-33-17-25(31)28(34-27)21-13-24(30)29-26(14-21)36(19(2)3)11-12-37-29;1-8(2)21-3-4-22-14-10(17)5-9(6-12(14)21)13-11(18)7-19-15(16)20-13;1-2-16-7-5-11(6-8-16)10-17-12-3-4-13(14)15-9-12/h5-6,13-14,16-17,19-20H,4,7-12,15,18H2,1-3H3;5-8H,3-4H2,1-2H3;3-4,9,11H,2,5-8,10H2,1H3,(H2,14,15). The van der Waals surface area contributed by atoms with E-state index >= 15 is 0 Å². The van der Waals surface area contributed by atoms with E-state index < -0.39 is 23.3 Å². The number of hydrogen-bond acceptors (Lipinski definition) is 15. The summed E-state index contributed by atoms with van der Waals surface area (Å²) in [6.45, 7) is 23.0. The van der Waals surface area contributed by atoms with Crippen molar-refractivity contribution in [3.05, 3.63) is 113 Å². The van der Waals surface area contributed by atoms with Crippen molar-refractivity contribution in [2.45, 2.75) is 85.7 Å². The summed E-state index contributed by atoms with van der Waals surface area (Å²) in [6, 6.07) is 13.6. The summed E-state index contributed by atoms with van der Waals surface area (Å²) < 4.78 is 80.7. The number of nitrogens with two attached hydrogens (primary N) is 1. The van der Waals surface area contributed by atoms with Gasteiger partial charge in [0, 0.05) is 28.9 Å². The molecule has 0 spiro atoms. The molecule has 0 radical (unpaired) electrons. The van der Waals surface area contributed by atoms with E-state index in [-0.39, 0.29) is 40.3 Å². The number of ether oxygens (including phenoxy) is 4. The largest absolute Gasteiger partial charge is 0.492 e. The zero-order valence-electron chi connectivity index (χ0n) is 44.8. The number of nitrogen functional groups attached to an aromatic ring is 1. The first kappa shape index (κ1) is 56.6. The number of pyridine rings is 2. The summed E-state index contributed by atoms with van der Waals surface area (Å²) in [5, 5.41) is -0.0912. The van der Waals surface area contributed by atoms with Crippen LogP contribution in [0.2, 0.25) is 5.28 Å². The molecule has 2 fully saturated rings. The zero-order chi connectivity index (χ0) is 54.6. The molecule has 20 heteroatoms. The second kappa shape index (κ2) is 26.7. The van der Waals surface area contributed by atoms with Gasteiger partial charge in [0.05, 0.1) is 68.9 Å². The quantitative estimate of drug-likeness (QED) is 0.0812. The molecule has 0 saturated carbocycles. The second-order valence-corrected chi connectivity index (χ2v) is 20.5. The molecule has 412 valence electrons. The van der Waals surface area contributed by atoms with Crippen LogP contribution < -0.4 is 34.5 Å². The minimum atomic E-state index is -0.656. The van der Waals surface area contributed by atoms with Gasteiger partial charge >= 0.3 is 0 Å². The SMILES string of the molecule is CC(C)N1CCOc2c(F)cc(-c3nc(Cl)ncc3F)cc21.CCN1CCC(COc2ccc(Cc3ncc(F)c(-c4cc(F)c5c(c4)N(C(C)C)CCO5)n3)nc2)CC1.CCN1CCC(COc2ccc(N)nc2)CC1. The van der Waals surface area contributed by atoms with Crippen LogP contribution in [0.15, 0.2) is 73.3 Å². The molecule has 0 bridgehead atoms. The first-order chi connectivity index (χ1) is 37.2. The third-order valence-electron chi connectivity index (χ3n) is 14.3. The number of piperidine rings is 2. The lowest BCUT2D eigenvalue weighted by molar-refractivity contribution is 0.145. The summed E-state index contributed by atoms with van der Waals surface area (Å²) in [5.74, 6) is 1.76. The molecule has 6 aromatic rings. The van der Waals surface area contributed by atoms with Gasteiger partial charge in [-0.2, -0.15) is 0 Å². The van der Waals surface area contributed by atoms with E-state index in [4.69, 9.17) is 36.3 Å². The molecule has 15 nitrogen and oxygen atoms in total. The van der Waals surface area contributed by atoms with Crippen LogP contribution in [-0.2, 0) is 6.42 Å². The zero-order valence-corrected chi connectivity index (χ0v) is 45.6. The van der Waals surface area contributed by atoms with E-state index in [0.717, 1.165) is 75.2 Å². The summed E-state index contributed by atoms with van der Waals surface area (Å²) in [5.41, 5.74) is 8.13. The number of rotatable bonds is 14. The lowest BCUT2D eigenvalue weighted by Crippen LogP contribution is -2.38. The summed E-state index contributed by atoms with van der Waals surface area (Å²) in [6.07, 6.45) is 10.6. The van der Waals surface area contributed by atoms with E-state index in [2.05, 4.69) is 53.6 Å². The summed E-state index contributed by atoms with van der Waals surface area (Å²) >= 11 is 5.71. The minimum Gasteiger partial charge on any atom is -0.492 e. The van der Waals surface area contributed by atoms with E-state index in [1.807, 2.05) is 55.7 Å². The van der Waals surface area contributed by atoms with E-state index in [9.17, 15) is 17.6 Å². The van der Waals surface area contributed by atoms with Crippen molar-refractivity contribution in [2.75, 3.05) is 94.3 Å². The highest BCUT2D eigenvalue weighted by Crippen LogP contribution is 2.41. The Labute approximate surface area is 454 Å². The molecule has 2 saturated heterocycles. The Morgan fingerprint density at radius 1 is 0.597 bits per heavy atom. The van der Waals surface area contributed by atoms with Crippen molar-refractivity contribution in [3.8, 4) is 45.5 Å². The smallest absolute Gasteiger partial charge is 0.223 e. The maximum absolute atomic E-state index is 14.9. The molecule has 2 aromatic carbocycles. The number of hydrogen-bond donors (Lipinski definition) is 1. The van der Waals surface area contributed by atoms with Crippen LogP contribution in [0.3, 0.4) is 0 Å². The first-order valence-corrected chi connectivity index (χ1v) is 27.1. The fourth-order valence-corrected chi connectivity index (χ4v) is 9.93. The Kier molecular flexibility index (Phi) is 19.6. The fraction of sp³-hybridized carbons (Fsp3) is 0.474. The predicted molar refractivity (Wildman–Crippen MR) is 292 cm³/mol. The first-order valence-electron chi connectivity index (χ1n) is 26.7. The van der Waals surface area contributed by atoms with Crippen molar-refractivity contribution in [1.82, 2.24) is 39.7 Å². The molecule has 4 aliphatic rings. The average Bonchev–Trinajstić information content (AvgIpc) is 3.45. The highest BCUT2D eigenvalue weighted by molar-refractivity contribution is 6.28. The van der Waals surface area contributed by atoms with E-state index in [0.29, 0.717) is 85.3 Å². The number of aromatic nitrogens is 6. The van der Waals surface area contributed by atoms with Gasteiger partial charge in [0.2, 0.25) is 5.28 Å². The Balaban J connectivity index is 0.000000169. The molecule has 0 aliphatic carbocycles. The van der Waals surface area contributed by atoms with Crippen LogP contribution in [0.1, 0.15) is 78.7 Å². The molecule has 0 atom stereocenters. The molecule has 2 N–H and O–H groups in total. The van der Waals surface area contributed by atoms with Crippen molar-refractivity contribution >= 4 is 28.8 Å². The van der Waals surface area contributed by atoms with Gasteiger partial charge in [-0.15, -0.1) is 0 Å². The molecular weight excluding hydrogens is 1010 g/mol. The van der Waals surface area contributed by atoms with E-state index in [1.165, 1.54) is 38.1 Å². The Bertz CT molecular complexity index is 2870. The summed E-state index contributed by atoms with van der Waals surface area (Å²) in [7, 11) is 0. The van der Waals surface area contributed by atoms with Crippen LogP contribution in [0, 0.1) is 35.1 Å². The van der Waals surface area contributed by atoms with Crippen LogP contribution in [0.5, 0.6) is 23.0 Å². The van der Waals surface area contributed by atoms with Crippen molar-refractivity contribution in [1.29, 1.82) is 0 Å². The third-order valence-corrected chi connectivity index (χ3v) is 14.5. The molecule has 4 aromatic heterocycles. The van der Waals surface area contributed by atoms with Crippen molar-refractivity contribution in [2.24, 2.45) is 11.8 Å². The van der Waals surface area contributed by atoms with E-state index in [1.54, 1.807) is 30.6 Å². The number of benzene rings is 2. The normalized spacial score (nSPS) is 16.1. The van der Waals surface area contributed by atoms with Crippen LogP contribution in [-0.4, -0.2) is 131 Å². The number of anilines is 3. The van der Waals surface area contributed by atoms with Gasteiger partial charge in [-0.05, 0) is 165 Å². The van der Waals surface area contributed by atoms with Crippen LogP contribution in [0.4, 0.5) is 34.8 Å². The number of halogens is 5. The number of fused-ring (bicyclic) bond motifs is 2. The Hall–Kier alpha value is -6.57. The van der Waals surface area contributed by atoms with Crippen molar-refractivity contribution < 1.29 is 36.5 Å². The molecule has 8 heterocycles. The molecule has 77 heavy (non-hydrogen) atoms. The van der Waals surface area contributed by atoms with Gasteiger partial charge in [-0.25, -0.2) is 42.5 Å². The number of nitrogens with zero attached hydrogens (tertiary/aromatic N) is 10. The minimum absolute atomic E-state index is 0.0315. The summed E-state index contributed by atoms with van der Waals surface area (Å²) in [4.78, 5) is 33.5. The predicted octanol–water partition coefficient (Wildman–Crippen LogP) is 10.6. The fourth-order valence-electron chi connectivity index (χ4n) is 9.80. The topological polar surface area (TPSA) is 153 Å².